The number of H-pyrrole nitrogens is 1. The highest BCUT2D eigenvalue weighted by Gasteiger charge is 2.24. The number of nitrogens with zero attached hydrogens (tertiary/aromatic N) is 1. The van der Waals surface area contributed by atoms with Crippen molar-refractivity contribution in [1.82, 2.24) is 9.55 Å². The molecule has 0 aliphatic rings. The Morgan fingerprint density at radius 1 is 0.556 bits per heavy atom. The molecule has 8 aromatic rings. The van der Waals surface area contributed by atoms with Crippen molar-refractivity contribution in [1.29, 1.82) is 0 Å². The fourth-order valence-electron chi connectivity index (χ4n) is 5.97. The van der Waals surface area contributed by atoms with Crippen LogP contribution in [0.1, 0.15) is 0 Å². The number of hydrogen-bond acceptors (Lipinski definition) is 0. The summed E-state index contributed by atoms with van der Waals surface area (Å²) in [6.07, 6.45) is 0. The van der Waals surface area contributed by atoms with Gasteiger partial charge < -0.3 is 9.55 Å². The zero-order chi connectivity index (χ0) is 24.0. The number of para-hydroxylation sites is 1. The van der Waals surface area contributed by atoms with Gasteiger partial charge in [-0.05, 0) is 41.8 Å². The fourth-order valence-corrected chi connectivity index (χ4v) is 5.97. The first-order valence-electron chi connectivity index (χ1n) is 11.9. The summed E-state index contributed by atoms with van der Waals surface area (Å²) >= 11 is 0. The molecule has 0 fully saturated rings. The minimum absolute atomic E-state index is 0.284. The van der Waals surface area contributed by atoms with Crippen LogP contribution in [0.4, 0.5) is 8.78 Å². The Balaban J connectivity index is 1.81. The van der Waals surface area contributed by atoms with Gasteiger partial charge in [0.05, 0.1) is 16.6 Å². The van der Waals surface area contributed by atoms with E-state index in [0.29, 0.717) is 5.39 Å². The first-order chi connectivity index (χ1) is 17.7. The number of halogens is 2. The average molecular weight is 469 g/mol. The maximum Gasteiger partial charge on any atom is 0.133 e. The molecule has 0 amide bonds. The van der Waals surface area contributed by atoms with E-state index in [9.17, 15) is 4.39 Å². The van der Waals surface area contributed by atoms with Crippen molar-refractivity contribution < 1.29 is 8.78 Å². The molecule has 0 saturated carbocycles. The molecule has 6 aromatic carbocycles. The molecule has 2 nitrogen and oxygen atoms in total. The number of benzene rings is 6. The number of aromatic nitrogens is 2. The Bertz CT molecular complexity index is 2170. The Morgan fingerprint density at radius 2 is 1.36 bits per heavy atom. The standard InChI is InChI=1S/C32H18F2N2/c33-19-14-16-26-24(17-19)28-29-23-15-13-18-7-4-5-10-21(18)31(23)36(20-8-2-1-3-9-20)32(29)27-22(30(28)35-26)11-6-12-25(27)34/h1-17,35H. The van der Waals surface area contributed by atoms with Crippen molar-refractivity contribution >= 4 is 65.2 Å². The number of rotatable bonds is 1. The van der Waals surface area contributed by atoms with Crippen LogP contribution in [0.15, 0.2) is 103 Å². The maximum absolute atomic E-state index is 15.8. The van der Waals surface area contributed by atoms with E-state index in [-0.39, 0.29) is 11.6 Å². The monoisotopic (exact) mass is 468 g/mol. The summed E-state index contributed by atoms with van der Waals surface area (Å²) in [6.45, 7) is 0. The normalized spacial score (nSPS) is 12.2. The molecule has 0 aliphatic heterocycles. The van der Waals surface area contributed by atoms with Crippen LogP contribution < -0.4 is 0 Å². The largest absolute Gasteiger partial charge is 0.354 e. The van der Waals surface area contributed by atoms with Gasteiger partial charge >= 0.3 is 0 Å². The molecule has 170 valence electrons. The molecular weight excluding hydrogens is 450 g/mol. The number of hydrogen-bond donors (Lipinski definition) is 1. The van der Waals surface area contributed by atoms with Crippen LogP contribution in [0.3, 0.4) is 0 Å². The first kappa shape index (κ1) is 19.6. The molecule has 36 heavy (non-hydrogen) atoms. The summed E-state index contributed by atoms with van der Waals surface area (Å²) in [7, 11) is 0. The summed E-state index contributed by atoms with van der Waals surface area (Å²) in [4.78, 5) is 3.48. The molecule has 0 aliphatic carbocycles. The van der Waals surface area contributed by atoms with Crippen molar-refractivity contribution in [3.05, 3.63) is 115 Å². The SMILES string of the molecule is Fc1ccc2[nH]c3c4cccc(F)c4c4c(c5ccc6ccccc6c5n4-c4ccccc4)c3c2c1. The van der Waals surface area contributed by atoms with E-state index >= 15 is 4.39 Å². The van der Waals surface area contributed by atoms with Crippen LogP contribution in [0, 0.1) is 11.6 Å². The Hall–Kier alpha value is -4.70. The van der Waals surface area contributed by atoms with Crippen molar-refractivity contribution in [3.63, 3.8) is 0 Å². The van der Waals surface area contributed by atoms with Gasteiger partial charge in [-0.3, -0.25) is 0 Å². The molecule has 0 bridgehead atoms. The quantitative estimate of drug-likeness (QED) is 0.248. The lowest BCUT2D eigenvalue weighted by atomic mass is 9.98. The van der Waals surface area contributed by atoms with E-state index in [4.69, 9.17) is 0 Å². The molecule has 0 spiro atoms. The smallest absolute Gasteiger partial charge is 0.133 e. The zero-order valence-corrected chi connectivity index (χ0v) is 19.0. The molecular formula is C32H18F2N2. The molecule has 4 heteroatoms. The summed E-state index contributed by atoms with van der Waals surface area (Å²) in [6, 6.07) is 32.5. The lowest BCUT2D eigenvalue weighted by Crippen LogP contribution is -1.96. The van der Waals surface area contributed by atoms with Gasteiger partial charge in [0, 0.05) is 48.9 Å². The highest BCUT2D eigenvalue weighted by atomic mass is 19.1. The molecule has 2 heterocycles. The van der Waals surface area contributed by atoms with Crippen LogP contribution in [0.25, 0.3) is 70.8 Å². The van der Waals surface area contributed by atoms with Crippen molar-refractivity contribution in [3.8, 4) is 5.69 Å². The van der Waals surface area contributed by atoms with Crippen LogP contribution in [0.5, 0.6) is 0 Å². The van der Waals surface area contributed by atoms with Crippen molar-refractivity contribution in [2.75, 3.05) is 0 Å². The predicted molar refractivity (Wildman–Crippen MR) is 145 cm³/mol. The Labute approximate surface area is 204 Å². The molecule has 2 aromatic heterocycles. The highest BCUT2D eigenvalue weighted by molar-refractivity contribution is 6.38. The molecule has 1 N–H and O–H groups in total. The molecule has 0 atom stereocenters. The van der Waals surface area contributed by atoms with Gasteiger partial charge in [0.15, 0.2) is 0 Å². The van der Waals surface area contributed by atoms with Crippen molar-refractivity contribution in [2.24, 2.45) is 0 Å². The van der Waals surface area contributed by atoms with Gasteiger partial charge in [-0.1, -0.05) is 66.7 Å². The van der Waals surface area contributed by atoms with Crippen LogP contribution in [-0.4, -0.2) is 9.55 Å². The zero-order valence-electron chi connectivity index (χ0n) is 19.0. The van der Waals surface area contributed by atoms with Crippen molar-refractivity contribution in [2.45, 2.75) is 0 Å². The number of nitrogens with one attached hydrogen (secondary N) is 1. The molecule has 8 rings (SSSR count). The fraction of sp³-hybridized carbons (Fsp3) is 0. The lowest BCUT2D eigenvalue weighted by Gasteiger charge is -2.12. The second kappa shape index (κ2) is 6.92. The van der Waals surface area contributed by atoms with E-state index in [0.717, 1.165) is 65.5 Å². The van der Waals surface area contributed by atoms with Gasteiger partial charge in [-0.2, -0.15) is 0 Å². The Morgan fingerprint density at radius 3 is 2.25 bits per heavy atom. The summed E-state index contributed by atoms with van der Waals surface area (Å²) in [5, 5.41) is 7.15. The second-order valence-electron chi connectivity index (χ2n) is 9.30. The molecule has 0 saturated heterocycles. The summed E-state index contributed by atoms with van der Waals surface area (Å²) in [5.74, 6) is -0.582. The minimum atomic E-state index is -0.298. The highest BCUT2D eigenvalue weighted by Crippen LogP contribution is 2.46. The number of fused-ring (bicyclic) bond motifs is 12. The van der Waals surface area contributed by atoms with Crippen LogP contribution in [0.2, 0.25) is 0 Å². The molecule has 0 radical (unpaired) electrons. The summed E-state index contributed by atoms with van der Waals surface area (Å²) in [5.41, 5.74) is 4.39. The van der Waals surface area contributed by atoms with Crippen LogP contribution in [-0.2, 0) is 0 Å². The van der Waals surface area contributed by atoms with Gasteiger partial charge in [0.1, 0.15) is 11.6 Å². The first-order valence-corrected chi connectivity index (χ1v) is 11.9. The van der Waals surface area contributed by atoms with Gasteiger partial charge in [0.25, 0.3) is 0 Å². The second-order valence-corrected chi connectivity index (χ2v) is 9.30. The lowest BCUT2D eigenvalue weighted by molar-refractivity contribution is 0.630. The predicted octanol–water partition coefficient (Wildman–Crippen LogP) is 9.00. The minimum Gasteiger partial charge on any atom is -0.354 e. The third-order valence-electron chi connectivity index (χ3n) is 7.40. The summed E-state index contributed by atoms with van der Waals surface area (Å²) < 4.78 is 32.5. The third-order valence-corrected chi connectivity index (χ3v) is 7.40. The topological polar surface area (TPSA) is 20.7 Å². The maximum atomic E-state index is 15.8. The number of aromatic amines is 1. The average Bonchev–Trinajstić information content (AvgIpc) is 3.45. The third kappa shape index (κ3) is 2.43. The van der Waals surface area contributed by atoms with E-state index in [1.165, 1.54) is 12.1 Å². The Kier molecular flexibility index (Phi) is 3.77. The van der Waals surface area contributed by atoms with Gasteiger partial charge in [-0.25, -0.2) is 8.78 Å². The van der Waals surface area contributed by atoms with E-state index in [1.807, 2.05) is 48.5 Å². The van der Waals surface area contributed by atoms with Crippen LogP contribution >= 0.6 is 0 Å². The van der Waals surface area contributed by atoms with E-state index in [1.54, 1.807) is 18.2 Å². The van der Waals surface area contributed by atoms with E-state index in [2.05, 4.69) is 33.8 Å². The van der Waals surface area contributed by atoms with E-state index < -0.39 is 0 Å². The van der Waals surface area contributed by atoms with Gasteiger partial charge in [0.2, 0.25) is 0 Å². The molecule has 0 unspecified atom stereocenters. The van der Waals surface area contributed by atoms with Gasteiger partial charge in [-0.15, -0.1) is 0 Å².